The molecule has 0 radical (unpaired) electrons. The van der Waals surface area contributed by atoms with E-state index in [1.54, 1.807) is 0 Å². The van der Waals surface area contributed by atoms with E-state index in [0.29, 0.717) is 0 Å². The average Bonchev–Trinajstić information content (AvgIpc) is 2.97. The highest BCUT2D eigenvalue weighted by Gasteiger charge is 2.18. The Morgan fingerprint density at radius 2 is 1.63 bits per heavy atom. The molecule has 0 aliphatic carbocycles. The maximum Gasteiger partial charge on any atom is 0.0459 e. The van der Waals surface area contributed by atoms with Crippen molar-refractivity contribution in [2.24, 2.45) is 0 Å². The van der Waals surface area contributed by atoms with Crippen molar-refractivity contribution in [3.8, 4) is 11.1 Å². The lowest BCUT2D eigenvalue weighted by molar-refractivity contribution is 1.11. The second-order valence-electron chi connectivity index (χ2n) is 5.04. The van der Waals surface area contributed by atoms with Gasteiger partial charge in [-0.2, -0.15) is 0 Å². The molecule has 0 aromatic heterocycles. The molecule has 0 atom stereocenters. The van der Waals surface area contributed by atoms with Crippen molar-refractivity contribution in [2.75, 3.05) is 11.9 Å². The summed E-state index contributed by atoms with van der Waals surface area (Å²) in [5.74, 6) is 0. The lowest BCUT2D eigenvalue weighted by atomic mass is 9.94. The summed E-state index contributed by atoms with van der Waals surface area (Å²) < 4.78 is 0. The number of rotatable bonds is 1. The van der Waals surface area contributed by atoms with Crippen molar-refractivity contribution < 1.29 is 0 Å². The highest BCUT2D eigenvalue weighted by Crippen LogP contribution is 2.38. The first-order chi connectivity index (χ1) is 9.43. The van der Waals surface area contributed by atoms with Gasteiger partial charge < -0.3 is 5.32 Å². The summed E-state index contributed by atoms with van der Waals surface area (Å²) in [6.45, 7) is 1.04. The van der Waals surface area contributed by atoms with Gasteiger partial charge in [0.1, 0.15) is 0 Å². The van der Waals surface area contributed by atoms with E-state index in [1.807, 2.05) is 0 Å². The van der Waals surface area contributed by atoms with Gasteiger partial charge in [0.15, 0.2) is 0 Å². The van der Waals surface area contributed by atoms with Crippen molar-refractivity contribution in [2.45, 2.75) is 6.42 Å². The summed E-state index contributed by atoms with van der Waals surface area (Å²) in [4.78, 5) is 0. The molecule has 92 valence electrons. The Morgan fingerprint density at radius 1 is 0.842 bits per heavy atom. The van der Waals surface area contributed by atoms with Gasteiger partial charge in [-0.3, -0.25) is 0 Å². The number of hydrogen-bond donors (Lipinski definition) is 1. The highest BCUT2D eigenvalue weighted by molar-refractivity contribution is 6.01. The van der Waals surface area contributed by atoms with Gasteiger partial charge in [0.25, 0.3) is 0 Å². The SMILES string of the molecule is c1ccc(-c2cc3ccccc3c3c2CCN3)cc1. The Labute approximate surface area is 112 Å². The maximum atomic E-state index is 3.55. The van der Waals surface area contributed by atoms with E-state index in [4.69, 9.17) is 0 Å². The third kappa shape index (κ3) is 1.62. The van der Waals surface area contributed by atoms with Crippen LogP contribution >= 0.6 is 0 Å². The Morgan fingerprint density at radius 3 is 2.53 bits per heavy atom. The number of benzene rings is 3. The van der Waals surface area contributed by atoms with Crippen LogP contribution in [0.5, 0.6) is 0 Å². The molecule has 0 spiro atoms. The van der Waals surface area contributed by atoms with Crippen LogP contribution in [0.25, 0.3) is 21.9 Å². The summed E-state index contributed by atoms with van der Waals surface area (Å²) in [5, 5.41) is 6.21. The molecule has 0 unspecified atom stereocenters. The highest BCUT2D eigenvalue weighted by atomic mass is 14.9. The molecule has 1 aliphatic heterocycles. The Kier molecular flexibility index (Phi) is 2.31. The van der Waals surface area contributed by atoms with Crippen LogP contribution in [-0.2, 0) is 6.42 Å². The minimum atomic E-state index is 1.04. The molecule has 0 saturated carbocycles. The summed E-state index contributed by atoms with van der Waals surface area (Å²) in [6.07, 6.45) is 1.12. The third-order valence-corrected chi connectivity index (χ3v) is 3.92. The van der Waals surface area contributed by atoms with Crippen LogP contribution in [0.4, 0.5) is 5.69 Å². The van der Waals surface area contributed by atoms with Crippen LogP contribution in [-0.4, -0.2) is 6.54 Å². The Hall–Kier alpha value is -2.28. The second kappa shape index (κ2) is 4.13. The van der Waals surface area contributed by atoms with Crippen molar-refractivity contribution >= 4 is 16.5 Å². The molecule has 1 aliphatic rings. The molecule has 0 fully saturated rings. The quantitative estimate of drug-likeness (QED) is 0.666. The topological polar surface area (TPSA) is 12.0 Å². The van der Waals surface area contributed by atoms with Crippen LogP contribution in [0.3, 0.4) is 0 Å². The van der Waals surface area contributed by atoms with Gasteiger partial charge in [-0.15, -0.1) is 0 Å². The lowest BCUT2D eigenvalue weighted by Crippen LogP contribution is -1.91. The zero-order valence-electron chi connectivity index (χ0n) is 10.7. The van der Waals surface area contributed by atoms with Crippen molar-refractivity contribution in [3.05, 3.63) is 66.2 Å². The maximum absolute atomic E-state index is 3.55. The van der Waals surface area contributed by atoms with E-state index in [2.05, 4.69) is 66.0 Å². The van der Waals surface area contributed by atoms with E-state index < -0.39 is 0 Å². The normalized spacial score (nSPS) is 13.3. The first-order valence-corrected chi connectivity index (χ1v) is 6.77. The third-order valence-electron chi connectivity index (χ3n) is 3.92. The molecule has 4 rings (SSSR count). The predicted molar refractivity (Wildman–Crippen MR) is 81.6 cm³/mol. The van der Waals surface area contributed by atoms with Crippen LogP contribution < -0.4 is 5.32 Å². The minimum absolute atomic E-state index is 1.04. The molecule has 1 nitrogen and oxygen atoms in total. The molecule has 1 N–H and O–H groups in total. The van der Waals surface area contributed by atoms with Crippen molar-refractivity contribution in [3.63, 3.8) is 0 Å². The van der Waals surface area contributed by atoms with Gasteiger partial charge in [0.05, 0.1) is 0 Å². The van der Waals surface area contributed by atoms with Gasteiger partial charge in [-0.1, -0.05) is 54.6 Å². The van der Waals surface area contributed by atoms with Crippen molar-refractivity contribution in [1.82, 2.24) is 0 Å². The van der Waals surface area contributed by atoms with Gasteiger partial charge >= 0.3 is 0 Å². The summed E-state index contributed by atoms with van der Waals surface area (Å²) in [5.41, 5.74) is 5.48. The molecule has 1 heteroatoms. The fourth-order valence-corrected chi connectivity index (χ4v) is 3.04. The number of nitrogens with one attached hydrogen (secondary N) is 1. The van der Waals surface area contributed by atoms with Gasteiger partial charge in [-0.05, 0) is 34.6 Å². The van der Waals surface area contributed by atoms with Gasteiger partial charge in [0, 0.05) is 17.6 Å². The van der Waals surface area contributed by atoms with Gasteiger partial charge in [-0.25, -0.2) is 0 Å². The van der Waals surface area contributed by atoms with Crippen LogP contribution in [0, 0.1) is 0 Å². The van der Waals surface area contributed by atoms with Crippen LogP contribution in [0.1, 0.15) is 5.56 Å². The molecular weight excluding hydrogens is 230 g/mol. The molecular formula is C18H15N. The smallest absolute Gasteiger partial charge is 0.0459 e. The molecule has 0 saturated heterocycles. The fourth-order valence-electron chi connectivity index (χ4n) is 3.04. The lowest BCUT2D eigenvalue weighted by Gasteiger charge is -2.12. The molecule has 3 aromatic rings. The average molecular weight is 245 g/mol. The van der Waals surface area contributed by atoms with Crippen LogP contribution in [0.2, 0.25) is 0 Å². The zero-order valence-corrected chi connectivity index (χ0v) is 10.7. The van der Waals surface area contributed by atoms with E-state index >= 15 is 0 Å². The Bertz CT molecular complexity index is 744. The first kappa shape index (κ1) is 10.6. The number of fused-ring (bicyclic) bond motifs is 3. The molecule has 3 aromatic carbocycles. The predicted octanol–water partition coefficient (Wildman–Crippen LogP) is 4.47. The first-order valence-electron chi connectivity index (χ1n) is 6.77. The van der Waals surface area contributed by atoms with E-state index in [9.17, 15) is 0 Å². The summed E-state index contributed by atoms with van der Waals surface area (Å²) >= 11 is 0. The zero-order chi connectivity index (χ0) is 12.7. The largest absolute Gasteiger partial charge is 0.384 e. The van der Waals surface area contributed by atoms with Crippen LogP contribution in [0.15, 0.2) is 60.7 Å². The van der Waals surface area contributed by atoms with E-state index in [-0.39, 0.29) is 0 Å². The van der Waals surface area contributed by atoms with E-state index in [0.717, 1.165) is 13.0 Å². The van der Waals surface area contributed by atoms with Crippen molar-refractivity contribution in [1.29, 1.82) is 0 Å². The molecule has 1 heterocycles. The van der Waals surface area contributed by atoms with Gasteiger partial charge in [0.2, 0.25) is 0 Å². The molecule has 0 bridgehead atoms. The minimum Gasteiger partial charge on any atom is -0.384 e. The van der Waals surface area contributed by atoms with E-state index in [1.165, 1.54) is 33.2 Å². The number of hydrogen-bond acceptors (Lipinski definition) is 1. The Balaban J connectivity index is 2.07. The number of anilines is 1. The summed E-state index contributed by atoms with van der Waals surface area (Å²) in [6, 6.07) is 21.6. The fraction of sp³-hybridized carbons (Fsp3) is 0.111. The monoisotopic (exact) mass is 245 g/mol. The second-order valence-corrected chi connectivity index (χ2v) is 5.04. The molecule has 19 heavy (non-hydrogen) atoms. The standard InChI is InChI=1S/C18H15N/c1-2-6-13(7-3-1)17-12-14-8-4-5-9-15(14)18-16(17)10-11-19-18/h1-9,12,19H,10-11H2. The molecule has 0 amide bonds. The summed E-state index contributed by atoms with van der Waals surface area (Å²) in [7, 11) is 0.